The summed E-state index contributed by atoms with van der Waals surface area (Å²) in [5.41, 5.74) is 0.745. The lowest BCUT2D eigenvalue weighted by molar-refractivity contribution is 0.405. The summed E-state index contributed by atoms with van der Waals surface area (Å²) < 4.78 is 33.6. The maximum atomic E-state index is 14.0. The average molecular weight is 392 g/mol. The van der Waals surface area contributed by atoms with Crippen molar-refractivity contribution < 1.29 is 13.5 Å². The zero-order chi connectivity index (χ0) is 14.0. The van der Waals surface area contributed by atoms with Gasteiger partial charge < -0.3 is 4.74 Å². The second-order valence-electron chi connectivity index (χ2n) is 3.92. The molecule has 0 spiro atoms. The Morgan fingerprint density at radius 3 is 2.05 bits per heavy atom. The molecule has 0 saturated heterocycles. The number of benzene rings is 2. The largest absolute Gasteiger partial charge is 0.497 e. The fraction of sp³-hybridized carbons (Fsp3) is 0.143. The SMILES string of the molecule is COc1cc(F)c(C(Br)c2ccc(Br)cc2)c(F)c1. The molecule has 1 nitrogen and oxygen atoms in total. The molecule has 2 aromatic carbocycles. The topological polar surface area (TPSA) is 9.23 Å². The van der Waals surface area contributed by atoms with E-state index in [1.807, 2.05) is 12.1 Å². The number of hydrogen-bond donors (Lipinski definition) is 0. The van der Waals surface area contributed by atoms with Crippen LogP contribution >= 0.6 is 31.9 Å². The highest BCUT2D eigenvalue weighted by Gasteiger charge is 2.20. The van der Waals surface area contributed by atoms with E-state index in [0.717, 1.165) is 10.0 Å². The number of ether oxygens (including phenoxy) is 1. The van der Waals surface area contributed by atoms with E-state index in [0.29, 0.717) is 0 Å². The van der Waals surface area contributed by atoms with E-state index in [4.69, 9.17) is 4.74 Å². The Morgan fingerprint density at radius 2 is 1.58 bits per heavy atom. The van der Waals surface area contributed by atoms with Crippen molar-refractivity contribution >= 4 is 31.9 Å². The van der Waals surface area contributed by atoms with Crippen molar-refractivity contribution in [3.05, 3.63) is 63.6 Å². The van der Waals surface area contributed by atoms with Crippen LogP contribution in [0.5, 0.6) is 5.75 Å². The molecule has 0 radical (unpaired) electrons. The molecule has 0 saturated carbocycles. The second kappa shape index (κ2) is 6.01. The normalized spacial score (nSPS) is 12.3. The maximum absolute atomic E-state index is 14.0. The molecular weight excluding hydrogens is 382 g/mol. The van der Waals surface area contributed by atoms with Crippen LogP contribution in [0, 0.1) is 11.6 Å². The Labute approximate surface area is 126 Å². The van der Waals surface area contributed by atoms with Gasteiger partial charge in [0.1, 0.15) is 17.4 Å². The predicted molar refractivity (Wildman–Crippen MR) is 77.8 cm³/mol. The van der Waals surface area contributed by atoms with Crippen LogP contribution in [0.25, 0.3) is 0 Å². The van der Waals surface area contributed by atoms with Gasteiger partial charge in [-0.15, -0.1) is 0 Å². The first kappa shape index (κ1) is 14.5. The minimum Gasteiger partial charge on any atom is -0.497 e. The molecule has 0 bridgehead atoms. The van der Waals surface area contributed by atoms with Crippen LogP contribution in [0.1, 0.15) is 16.0 Å². The maximum Gasteiger partial charge on any atom is 0.134 e. The summed E-state index contributed by atoms with van der Waals surface area (Å²) in [5, 5.41) is 0. The average Bonchev–Trinajstić information content (AvgIpc) is 2.38. The molecule has 1 atom stereocenters. The van der Waals surface area contributed by atoms with E-state index >= 15 is 0 Å². The minimum absolute atomic E-state index is 0.0249. The number of alkyl halides is 1. The lowest BCUT2D eigenvalue weighted by Crippen LogP contribution is -2.01. The van der Waals surface area contributed by atoms with Crippen LogP contribution in [0.2, 0.25) is 0 Å². The van der Waals surface area contributed by atoms with E-state index in [9.17, 15) is 8.78 Å². The minimum atomic E-state index is -0.637. The summed E-state index contributed by atoms with van der Waals surface area (Å²) in [6.45, 7) is 0. The molecule has 0 heterocycles. The Kier molecular flexibility index (Phi) is 4.58. The molecule has 0 aliphatic rings. The van der Waals surface area contributed by atoms with Gasteiger partial charge in [-0.05, 0) is 17.7 Å². The van der Waals surface area contributed by atoms with Crippen LogP contribution < -0.4 is 4.74 Å². The van der Waals surface area contributed by atoms with Gasteiger partial charge in [0, 0.05) is 22.2 Å². The summed E-state index contributed by atoms with van der Waals surface area (Å²) >= 11 is 6.65. The van der Waals surface area contributed by atoms with Gasteiger partial charge in [0.05, 0.1) is 11.9 Å². The molecule has 2 aromatic rings. The standard InChI is InChI=1S/C14H10Br2F2O/c1-19-10-6-11(17)13(12(18)7-10)14(16)8-2-4-9(15)5-3-8/h2-7,14H,1H3. The highest BCUT2D eigenvalue weighted by atomic mass is 79.9. The van der Waals surface area contributed by atoms with Crippen molar-refractivity contribution in [1.82, 2.24) is 0 Å². The Hall–Kier alpha value is -0.940. The number of hydrogen-bond acceptors (Lipinski definition) is 1. The second-order valence-corrected chi connectivity index (χ2v) is 5.75. The third-order valence-corrected chi connectivity index (χ3v) is 4.22. The fourth-order valence-corrected chi connectivity index (χ4v) is 2.73. The molecular formula is C14H10Br2F2O. The van der Waals surface area contributed by atoms with Gasteiger partial charge in [-0.1, -0.05) is 44.0 Å². The fourth-order valence-electron chi connectivity index (χ4n) is 1.72. The van der Waals surface area contributed by atoms with E-state index in [1.54, 1.807) is 12.1 Å². The molecule has 0 aliphatic heterocycles. The Balaban J connectivity index is 2.44. The molecule has 5 heteroatoms. The molecule has 19 heavy (non-hydrogen) atoms. The quantitative estimate of drug-likeness (QED) is 0.651. The van der Waals surface area contributed by atoms with E-state index in [1.165, 1.54) is 19.2 Å². The molecule has 0 fully saturated rings. The first-order valence-electron chi connectivity index (χ1n) is 5.45. The zero-order valence-corrected chi connectivity index (χ0v) is 13.1. The lowest BCUT2D eigenvalue weighted by Gasteiger charge is -2.14. The Morgan fingerprint density at radius 1 is 1.05 bits per heavy atom. The summed E-state index contributed by atoms with van der Waals surface area (Å²) in [6.07, 6.45) is 0. The molecule has 1 unspecified atom stereocenters. The molecule has 100 valence electrons. The van der Waals surface area contributed by atoms with E-state index < -0.39 is 16.5 Å². The van der Waals surface area contributed by atoms with Gasteiger partial charge in [0.15, 0.2) is 0 Å². The third kappa shape index (κ3) is 3.15. The Bertz CT molecular complexity index is 561. The summed E-state index contributed by atoms with van der Waals surface area (Å²) in [4.78, 5) is -0.550. The number of rotatable bonds is 3. The van der Waals surface area contributed by atoms with Crippen molar-refractivity contribution in [2.75, 3.05) is 7.11 Å². The summed E-state index contributed by atoms with van der Waals surface area (Å²) in [6, 6.07) is 9.59. The highest BCUT2D eigenvalue weighted by Crippen LogP contribution is 2.36. The van der Waals surface area contributed by atoms with Gasteiger partial charge in [0.25, 0.3) is 0 Å². The first-order chi connectivity index (χ1) is 9.02. The van der Waals surface area contributed by atoms with Crippen molar-refractivity contribution in [3.63, 3.8) is 0 Å². The molecule has 0 aliphatic carbocycles. The third-order valence-electron chi connectivity index (χ3n) is 2.70. The predicted octanol–water partition coefficient (Wildman–Crippen LogP) is 5.22. The van der Waals surface area contributed by atoms with Gasteiger partial charge in [-0.3, -0.25) is 0 Å². The molecule has 0 amide bonds. The monoisotopic (exact) mass is 390 g/mol. The van der Waals surface area contributed by atoms with Crippen molar-refractivity contribution in [2.45, 2.75) is 4.83 Å². The van der Waals surface area contributed by atoms with Crippen LogP contribution in [-0.2, 0) is 0 Å². The van der Waals surface area contributed by atoms with Crippen molar-refractivity contribution in [1.29, 1.82) is 0 Å². The first-order valence-corrected chi connectivity index (χ1v) is 7.16. The zero-order valence-electron chi connectivity index (χ0n) is 9.96. The van der Waals surface area contributed by atoms with E-state index in [-0.39, 0.29) is 11.3 Å². The van der Waals surface area contributed by atoms with Crippen LogP contribution in [0.15, 0.2) is 40.9 Å². The smallest absolute Gasteiger partial charge is 0.134 e. The van der Waals surface area contributed by atoms with Gasteiger partial charge in [0.2, 0.25) is 0 Å². The number of methoxy groups -OCH3 is 1. The van der Waals surface area contributed by atoms with Crippen LogP contribution in [-0.4, -0.2) is 7.11 Å². The summed E-state index contributed by atoms with van der Waals surface area (Å²) in [5.74, 6) is -1.11. The van der Waals surface area contributed by atoms with Crippen molar-refractivity contribution in [2.24, 2.45) is 0 Å². The van der Waals surface area contributed by atoms with Gasteiger partial charge in [-0.25, -0.2) is 8.78 Å². The highest BCUT2D eigenvalue weighted by molar-refractivity contribution is 9.10. The van der Waals surface area contributed by atoms with E-state index in [2.05, 4.69) is 31.9 Å². The van der Waals surface area contributed by atoms with Crippen LogP contribution in [0.4, 0.5) is 8.78 Å². The number of halogens is 4. The molecule has 2 rings (SSSR count). The lowest BCUT2D eigenvalue weighted by atomic mass is 10.0. The molecule has 0 N–H and O–H groups in total. The van der Waals surface area contributed by atoms with Crippen molar-refractivity contribution in [3.8, 4) is 5.75 Å². The molecule has 0 aromatic heterocycles. The van der Waals surface area contributed by atoms with Gasteiger partial charge >= 0.3 is 0 Å². The van der Waals surface area contributed by atoms with Crippen LogP contribution in [0.3, 0.4) is 0 Å². The summed E-state index contributed by atoms with van der Waals surface area (Å²) in [7, 11) is 1.37. The van der Waals surface area contributed by atoms with Gasteiger partial charge in [-0.2, -0.15) is 0 Å².